The zero-order valence-corrected chi connectivity index (χ0v) is 55.7. The summed E-state index contributed by atoms with van der Waals surface area (Å²) in [7, 11) is 0. The molecule has 528 valence electrons. The van der Waals surface area contributed by atoms with Gasteiger partial charge in [0.25, 0.3) is 5.91 Å². The number of rotatable bonds is 34. The summed E-state index contributed by atoms with van der Waals surface area (Å²) in [5.74, 6) is -8.61. The van der Waals surface area contributed by atoms with E-state index in [0.29, 0.717) is 53.7 Å². The molecule has 2 fully saturated rings. The summed E-state index contributed by atoms with van der Waals surface area (Å²) in [6.07, 6.45) is 7.31. The highest BCUT2D eigenvalue weighted by molar-refractivity contribution is 6.00. The molecule has 0 spiro atoms. The number of amides is 10. The summed E-state index contributed by atoms with van der Waals surface area (Å²) < 4.78 is 1.18. The van der Waals surface area contributed by atoms with Gasteiger partial charge in [-0.1, -0.05) is 62.4 Å². The topological polar surface area (TPSA) is 458 Å². The molecule has 0 unspecified atom stereocenters. The number of H-pyrrole nitrogens is 2. The summed E-state index contributed by atoms with van der Waals surface area (Å²) in [5, 5.41) is 43.4. The first kappa shape index (κ1) is 73.8. The largest absolute Gasteiger partial charge is 0.508 e. The van der Waals surface area contributed by atoms with E-state index in [1.807, 2.05) is 13.8 Å². The molecule has 10 amide bonds. The number of aliphatic imine (C=N–C) groups is 1. The molecule has 16 N–H and O–H groups in total. The number of carbonyl (C=O) groups is 11. The van der Waals surface area contributed by atoms with E-state index in [-0.39, 0.29) is 105 Å². The highest BCUT2D eigenvalue weighted by Crippen LogP contribution is 2.24. The van der Waals surface area contributed by atoms with E-state index >= 15 is 9.59 Å². The SMILES string of the molecule is CCN(CC)C(=O)[C@@H]1CCCN1C(=O)[C@H](CCCN=C(N)N)NC(=O)[C@H](CC(C)C)NC(=O)[C@@H](Cc1cncn1C(=O)c1ccccc1)NC(=O)[C@H](Cc1ccc(O)cc1)NC(=O)[C@H](CO)NC(=O)[C@H](Cc1c[nH]c2ccccc12)NC(=O)[C@H](Cc1cnc[nH]1)NC(=O)[C@@H]1CCC(=O)N1. The molecule has 6 aromatic rings. The number of carbonyl (C=O) groups excluding carboxylic acids is 11. The number of para-hydroxylation sites is 1. The van der Waals surface area contributed by atoms with Crippen molar-refractivity contribution in [3.05, 3.63) is 138 Å². The number of phenols is 1. The Labute approximate surface area is 571 Å². The van der Waals surface area contributed by atoms with Gasteiger partial charge in [0.15, 0.2) is 5.96 Å². The van der Waals surface area contributed by atoms with Crippen molar-refractivity contribution in [1.29, 1.82) is 0 Å². The number of phenolic OH excluding ortho intramolecular Hbond substituents is 1. The van der Waals surface area contributed by atoms with Gasteiger partial charge < -0.3 is 84.0 Å². The first-order valence-corrected chi connectivity index (χ1v) is 33.1. The van der Waals surface area contributed by atoms with E-state index in [4.69, 9.17) is 11.5 Å². The Morgan fingerprint density at radius 2 is 1.29 bits per heavy atom. The second kappa shape index (κ2) is 35.3. The molecule has 2 saturated heterocycles. The van der Waals surface area contributed by atoms with Crippen LogP contribution >= 0.6 is 0 Å². The molecule has 0 saturated carbocycles. The number of aromatic nitrogens is 5. The van der Waals surface area contributed by atoms with Crippen molar-refractivity contribution in [2.75, 3.05) is 32.8 Å². The zero-order chi connectivity index (χ0) is 71.3. The van der Waals surface area contributed by atoms with Crippen LogP contribution in [0.4, 0.5) is 0 Å². The number of guanidine groups is 1. The van der Waals surface area contributed by atoms with Crippen LogP contribution in [0.25, 0.3) is 10.9 Å². The van der Waals surface area contributed by atoms with Crippen molar-refractivity contribution in [1.82, 2.24) is 76.8 Å². The minimum atomic E-state index is -1.84. The fourth-order valence-corrected chi connectivity index (χ4v) is 12.0. The van der Waals surface area contributed by atoms with Crippen LogP contribution < -0.4 is 54.0 Å². The molecule has 31 heteroatoms. The Morgan fingerprint density at radius 1 is 0.687 bits per heavy atom. The Hall–Kier alpha value is -11.0. The van der Waals surface area contributed by atoms with Gasteiger partial charge in [-0.2, -0.15) is 0 Å². The summed E-state index contributed by atoms with van der Waals surface area (Å²) in [6.45, 7) is 7.38. The lowest BCUT2D eigenvalue weighted by atomic mass is 10.00. The summed E-state index contributed by atoms with van der Waals surface area (Å²) >= 11 is 0. The van der Waals surface area contributed by atoms with Crippen LogP contribution in [0.15, 0.2) is 115 Å². The minimum absolute atomic E-state index is 0.00583. The number of nitrogens with zero attached hydrogens (tertiary/aromatic N) is 6. The number of nitrogens with two attached hydrogens (primary N) is 2. The first-order valence-electron chi connectivity index (χ1n) is 33.1. The maximum atomic E-state index is 15.2. The van der Waals surface area contributed by atoms with Crippen molar-refractivity contribution in [3.63, 3.8) is 0 Å². The van der Waals surface area contributed by atoms with Crippen LogP contribution in [0.2, 0.25) is 0 Å². The Morgan fingerprint density at radius 3 is 1.92 bits per heavy atom. The lowest BCUT2D eigenvalue weighted by molar-refractivity contribution is -0.145. The van der Waals surface area contributed by atoms with Crippen molar-refractivity contribution < 1.29 is 63.0 Å². The zero-order valence-electron chi connectivity index (χ0n) is 55.7. The number of likely N-dealkylation sites (tertiary alicyclic amines) is 1. The van der Waals surface area contributed by atoms with Crippen LogP contribution in [0, 0.1) is 5.92 Å². The highest BCUT2D eigenvalue weighted by atomic mass is 16.3. The van der Waals surface area contributed by atoms with E-state index in [1.165, 1.54) is 58.8 Å². The summed E-state index contributed by atoms with van der Waals surface area (Å²) in [4.78, 5) is 179. The highest BCUT2D eigenvalue weighted by Gasteiger charge is 2.41. The maximum Gasteiger partial charge on any atom is 0.263 e. The molecule has 99 heavy (non-hydrogen) atoms. The van der Waals surface area contributed by atoms with E-state index in [9.17, 15) is 53.4 Å². The Kier molecular flexibility index (Phi) is 26.3. The number of imidazole rings is 2. The fraction of sp³-hybridized carbons (Fsp3) is 0.441. The van der Waals surface area contributed by atoms with E-state index in [0.717, 1.165) is 0 Å². The number of nitrogens with one attached hydrogen (secondary N) is 10. The second-order valence-electron chi connectivity index (χ2n) is 24.9. The smallest absolute Gasteiger partial charge is 0.263 e. The molecule has 3 aromatic heterocycles. The predicted molar refractivity (Wildman–Crippen MR) is 362 cm³/mol. The monoisotopic (exact) mass is 1360 g/mol. The predicted octanol–water partition coefficient (Wildman–Crippen LogP) is -0.624. The average Bonchev–Trinajstić information content (AvgIpc) is 1.89. The van der Waals surface area contributed by atoms with Gasteiger partial charge in [-0.3, -0.25) is 62.3 Å². The molecule has 5 heterocycles. The number of fused-ring (bicyclic) bond motifs is 1. The third-order valence-electron chi connectivity index (χ3n) is 17.3. The molecular weight excluding hydrogens is 1280 g/mol. The number of aromatic amines is 2. The number of hydrogen-bond acceptors (Lipinski definition) is 16. The molecule has 2 aliphatic rings. The summed E-state index contributed by atoms with van der Waals surface area (Å²) in [6, 6.07) is 8.54. The minimum Gasteiger partial charge on any atom is -0.508 e. The third kappa shape index (κ3) is 20.3. The number of hydrogen-bond donors (Lipinski definition) is 14. The average molecular weight is 1370 g/mol. The molecular formula is C68H88N18O13. The van der Waals surface area contributed by atoms with Gasteiger partial charge in [0, 0.05) is 105 Å². The van der Waals surface area contributed by atoms with E-state index in [1.54, 1.807) is 79.5 Å². The first-order chi connectivity index (χ1) is 47.5. The second-order valence-corrected chi connectivity index (χ2v) is 24.9. The van der Waals surface area contributed by atoms with Gasteiger partial charge in [-0.05, 0) is 99.7 Å². The molecule has 31 nitrogen and oxygen atoms in total. The van der Waals surface area contributed by atoms with Crippen molar-refractivity contribution in [3.8, 4) is 5.75 Å². The van der Waals surface area contributed by atoms with Gasteiger partial charge in [-0.15, -0.1) is 0 Å². The van der Waals surface area contributed by atoms with Crippen LogP contribution in [-0.4, -0.2) is 203 Å². The van der Waals surface area contributed by atoms with Gasteiger partial charge in [0.2, 0.25) is 59.1 Å². The maximum absolute atomic E-state index is 15.2. The lowest BCUT2D eigenvalue weighted by Crippen LogP contribution is -2.61. The van der Waals surface area contributed by atoms with Crippen molar-refractivity contribution in [2.24, 2.45) is 22.4 Å². The van der Waals surface area contributed by atoms with Gasteiger partial charge >= 0.3 is 0 Å². The molecule has 3 aromatic carbocycles. The molecule has 0 bridgehead atoms. The molecule has 9 atom stereocenters. The van der Waals surface area contributed by atoms with E-state index in [2.05, 4.69) is 67.5 Å². The van der Waals surface area contributed by atoms with Crippen LogP contribution in [0.5, 0.6) is 5.75 Å². The number of benzene rings is 3. The number of aliphatic hydroxyl groups excluding tert-OH is 1. The van der Waals surface area contributed by atoms with Gasteiger partial charge in [0.05, 0.1) is 12.9 Å². The van der Waals surface area contributed by atoms with Gasteiger partial charge in [0.1, 0.15) is 66.5 Å². The van der Waals surface area contributed by atoms with Crippen molar-refractivity contribution >= 4 is 81.8 Å². The number of likely N-dealkylation sites (N-methyl/N-ethyl adjacent to an activating group) is 1. The molecule has 8 rings (SSSR count). The molecule has 0 radical (unpaired) electrons. The Balaban J connectivity index is 1.08. The Bertz CT molecular complexity index is 3830. The van der Waals surface area contributed by atoms with Crippen LogP contribution in [0.3, 0.4) is 0 Å². The third-order valence-corrected chi connectivity index (χ3v) is 17.3. The van der Waals surface area contributed by atoms with Crippen molar-refractivity contribution in [2.45, 2.75) is 153 Å². The standard InChI is InChI=1S/C68H88N18O13/c1-5-84(6-2)67(99)56-19-13-27-85(56)66(98)49(18-12-26-73-68(69)70)77-59(91)50(28-39(3)4)78-63(95)54(32-44-35-72-38-86(44)65(97)41-14-8-7-9-15-41)82-60(92)51(29-40-20-22-45(88)23-21-40)79-64(96)55(36-87)83-61(93)52(30-42-33-74-47-17-11-10-16-46(42)47)80-62(94)53(31-43-34-71-37-75-43)81-58(90)48-24-25-57(89)76-48/h7-11,14-17,20-23,33-35,37-39,48-56,74,87-88H,5-6,12-13,18-19,24-32,36H2,1-4H3,(H,71,75)(H,76,89)(H,77,91)(H,78,95)(H,79,96)(H,80,94)(H,81,90)(H,82,92)(H,83,93)(H4,69,70,73)/t48-,49-,50-,51-,52-,53-,54+,55-,56-/m0/s1. The summed E-state index contributed by atoms with van der Waals surface area (Å²) in [5.41, 5.74) is 13.7. The quantitative estimate of drug-likeness (QED) is 0.0136. The molecule has 0 aliphatic carbocycles. The normalized spacial score (nSPS) is 16.4. The van der Waals surface area contributed by atoms with Gasteiger partial charge in [-0.25, -0.2) is 9.97 Å². The van der Waals surface area contributed by atoms with E-state index < -0.39 is 121 Å². The van der Waals surface area contributed by atoms with Crippen LogP contribution in [-0.2, 0) is 73.6 Å². The fourth-order valence-electron chi connectivity index (χ4n) is 12.0. The van der Waals surface area contributed by atoms with Crippen LogP contribution in [0.1, 0.15) is 106 Å². The number of aliphatic hydroxyl groups is 1. The lowest BCUT2D eigenvalue weighted by Gasteiger charge is -2.32. The number of aromatic hydroxyl groups is 1. The molecule has 2 aliphatic heterocycles.